The van der Waals surface area contributed by atoms with Crippen molar-refractivity contribution in [2.24, 2.45) is 0 Å². The van der Waals surface area contributed by atoms with E-state index in [1.165, 1.54) is 12.3 Å². The van der Waals surface area contributed by atoms with Crippen molar-refractivity contribution in [3.63, 3.8) is 0 Å². The second-order valence-electron chi connectivity index (χ2n) is 5.45. The van der Waals surface area contributed by atoms with E-state index >= 15 is 0 Å². The van der Waals surface area contributed by atoms with Gasteiger partial charge in [-0.15, -0.1) is 0 Å². The highest BCUT2D eigenvalue weighted by Crippen LogP contribution is 2.18. The predicted molar refractivity (Wildman–Crippen MR) is 82.5 cm³/mol. The minimum atomic E-state index is -2.61. The standard InChI is InChI=1S/C15H18F2N6/c1-10-8-11(21-15(20-10)23-6-2-3-7-23)9-19-14-18-5-4-12(22-14)13(16)17/h4-5,8,13H,2-3,6-7,9H2,1H3,(H,18,19,22). The molecule has 1 saturated heterocycles. The summed E-state index contributed by atoms with van der Waals surface area (Å²) in [4.78, 5) is 18.9. The van der Waals surface area contributed by atoms with Gasteiger partial charge in [-0.25, -0.2) is 28.7 Å². The summed E-state index contributed by atoms with van der Waals surface area (Å²) >= 11 is 0. The van der Waals surface area contributed by atoms with E-state index in [0.29, 0.717) is 6.54 Å². The first-order valence-corrected chi connectivity index (χ1v) is 7.56. The molecular formula is C15H18F2N6. The first-order valence-electron chi connectivity index (χ1n) is 7.56. The average molecular weight is 320 g/mol. The normalized spacial score (nSPS) is 14.5. The smallest absolute Gasteiger partial charge is 0.280 e. The van der Waals surface area contributed by atoms with Gasteiger partial charge in [-0.2, -0.15) is 0 Å². The van der Waals surface area contributed by atoms with Crippen molar-refractivity contribution in [2.45, 2.75) is 32.7 Å². The van der Waals surface area contributed by atoms with Crippen molar-refractivity contribution in [3.05, 3.63) is 35.4 Å². The highest BCUT2D eigenvalue weighted by atomic mass is 19.3. The summed E-state index contributed by atoms with van der Waals surface area (Å²) in [6, 6.07) is 3.07. The van der Waals surface area contributed by atoms with Crippen molar-refractivity contribution < 1.29 is 8.78 Å². The zero-order chi connectivity index (χ0) is 16.2. The molecule has 23 heavy (non-hydrogen) atoms. The van der Waals surface area contributed by atoms with Crippen LogP contribution in [0.15, 0.2) is 18.3 Å². The molecule has 1 aliphatic rings. The van der Waals surface area contributed by atoms with Gasteiger partial charge in [-0.1, -0.05) is 0 Å². The summed E-state index contributed by atoms with van der Waals surface area (Å²) in [7, 11) is 0. The van der Waals surface area contributed by atoms with Gasteiger partial charge in [0, 0.05) is 25.0 Å². The number of nitrogens with one attached hydrogen (secondary N) is 1. The number of hydrogen-bond donors (Lipinski definition) is 1. The Labute approximate surface area is 133 Å². The lowest BCUT2D eigenvalue weighted by molar-refractivity contribution is 0.146. The van der Waals surface area contributed by atoms with E-state index in [1.54, 1.807) is 0 Å². The van der Waals surface area contributed by atoms with Crippen molar-refractivity contribution in [2.75, 3.05) is 23.3 Å². The SMILES string of the molecule is Cc1cc(CNc2nccc(C(F)F)n2)nc(N2CCCC2)n1. The molecule has 0 bridgehead atoms. The predicted octanol–water partition coefficient (Wildman–Crippen LogP) is 2.72. The number of alkyl halides is 2. The Balaban J connectivity index is 1.71. The maximum absolute atomic E-state index is 12.6. The molecule has 0 unspecified atom stereocenters. The fourth-order valence-corrected chi connectivity index (χ4v) is 2.51. The van der Waals surface area contributed by atoms with Crippen molar-refractivity contribution >= 4 is 11.9 Å². The molecule has 3 rings (SSSR count). The fourth-order valence-electron chi connectivity index (χ4n) is 2.51. The van der Waals surface area contributed by atoms with Crippen LogP contribution in [0, 0.1) is 6.92 Å². The molecule has 0 saturated carbocycles. The first kappa shape index (κ1) is 15.5. The van der Waals surface area contributed by atoms with Gasteiger partial charge in [0.2, 0.25) is 11.9 Å². The van der Waals surface area contributed by atoms with Crippen LogP contribution < -0.4 is 10.2 Å². The zero-order valence-electron chi connectivity index (χ0n) is 12.8. The summed E-state index contributed by atoms with van der Waals surface area (Å²) in [5.41, 5.74) is 1.37. The minimum Gasteiger partial charge on any atom is -0.349 e. The molecule has 0 amide bonds. The first-order chi connectivity index (χ1) is 11.1. The van der Waals surface area contributed by atoms with Gasteiger partial charge in [0.1, 0.15) is 5.69 Å². The van der Waals surface area contributed by atoms with E-state index in [-0.39, 0.29) is 11.6 Å². The Bertz CT molecular complexity index is 673. The largest absolute Gasteiger partial charge is 0.349 e. The summed E-state index contributed by atoms with van der Waals surface area (Å²) in [5.74, 6) is 0.892. The molecule has 0 spiro atoms. The molecule has 1 N–H and O–H groups in total. The monoisotopic (exact) mass is 320 g/mol. The van der Waals surface area contributed by atoms with Crippen LogP contribution in [0.2, 0.25) is 0 Å². The van der Waals surface area contributed by atoms with Crippen molar-refractivity contribution in [3.8, 4) is 0 Å². The Kier molecular flexibility index (Phi) is 4.59. The Morgan fingerprint density at radius 3 is 2.74 bits per heavy atom. The molecule has 0 atom stereocenters. The molecule has 2 aromatic heterocycles. The summed E-state index contributed by atoms with van der Waals surface area (Å²) in [6.45, 7) is 4.21. The van der Waals surface area contributed by atoms with Gasteiger partial charge in [0.15, 0.2) is 0 Å². The Morgan fingerprint density at radius 2 is 2.00 bits per heavy atom. The summed E-state index contributed by atoms with van der Waals surface area (Å²) in [6.07, 6.45) is 1.01. The second-order valence-corrected chi connectivity index (χ2v) is 5.45. The zero-order valence-corrected chi connectivity index (χ0v) is 12.8. The molecule has 0 radical (unpaired) electrons. The van der Waals surface area contributed by atoms with Gasteiger partial charge in [-0.3, -0.25) is 0 Å². The van der Waals surface area contributed by atoms with E-state index < -0.39 is 6.43 Å². The van der Waals surface area contributed by atoms with Crippen LogP contribution in [0.25, 0.3) is 0 Å². The third kappa shape index (κ3) is 3.88. The number of rotatable bonds is 5. The lowest BCUT2D eigenvalue weighted by Crippen LogP contribution is -2.21. The molecule has 122 valence electrons. The number of halogens is 2. The number of aryl methyl sites for hydroxylation is 1. The maximum Gasteiger partial charge on any atom is 0.280 e. The van der Waals surface area contributed by atoms with Crippen LogP contribution in [0.4, 0.5) is 20.7 Å². The highest BCUT2D eigenvalue weighted by Gasteiger charge is 2.16. The van der Waals surface area contributed by atoms with E-state index in [2.05, 4.69) is 30.2 Å². The number of anilines is 2. The van der Waals surface area contributed by atoms with Crippen LogP contribution in [0.3, 0.4) is 0 Å². The van der Waals surface area contributed by atoms with Crippen LogP contribution in [0.5, 0.6) is 0 Å². The molecule has 0 aliphatic carbocycles. The van der Waals surface area contributed by atoms with Crippen LogP contribution in [0.1, 0.15) is 36.3 Å². The van der Waals surface area contributed by atoms with E-state index in [4.69, 9.17) is 0 Å². The molecular weight excluding hydrogens is 302 g/mol. The van der Waals surface area contributed by atoms with Crippen LogP contribution in [-0.2, 0) is 6.54 Å². The van der Waals surface area contributed by atoms with Gasteiger partial charge in [0.25, 0.3) is 6.43 Å². The van der Waals surface area contributed by atoms with Crippen LogP contribution >= 0.6 is 0 Å². The number of nitrogens with zero attached hydrogens (tertiary/aromatic N) is 5. The topological polar surface area (TPSA) is 66.8 Å². The van der Waals surface area contributed by atoms with Gasteiger partial charge < -0.3 is 10.2 Å². The van der Waals surface area contributed by atoms with Gasteiger partial charge in [-0.05, 0) is 31.9 Å². The van der Waals surface area contributed by atoms with Crippen LogP contribution in [-0.4, -0.2) is 33.0 Å². The lowest BCUT2D eigenvalue weighted by Gasteiger charge is -2.16. The van der Waals surface area contributed by atoms with Gasteiger partial charge >= 0.3 is 0 Å². The maximum atomic E-state index is 12.6. The fraction of sp³-hybridized carbons (Fsp3) is 0.467. The number of hydrogen-bond acceptors (Lipinski definition) is 6. The Hall–Kier alpha value is -2.38. The summed E-state index contributed by atoms with van der Waals surface area (Å²) < 4.78 is 25.3. The molecule has 2 aromatic rings. The average Bonchev–Trinajstić information content (AvgIpc) is 3.07. The molecule has 3 heterocycles. The second kappa shape index (κ2) is 6.80. The van der Waals surface area contributed by atoms with Crippen molar-refractivity contribution in [1.29, 1.82) is 0 Å². The Morgan fingerprint density at radius 1 is 1.22 bits per heavy atom. The third-order valence-electron chi connectivity index (χ3n) is 3.61. The molecule has 1 fully saturated rings. The van der Waals surface area contributed by atoms with Crippen molar-refractivity contribution in [1.82, 2.24) is 19.9 Å². The van der Waals surface area contributed by atoms with Gasteiger partial charge in [0.05, 0.1) is 12.2 Å². The lowest BCUT2D eigenvalue weighted by atomic mass is 10.3. The molecule has 1 aliphatic heterocycles. The number of aromatic nitrogens is 4. The highest BCUT2D eigenvalue weighted by molar-refractivity contribution is 5.35. The summed E-state index contributed by atoms with van der Waals surface area (Å²) in [5, 5.41) is 2.94. The van der Waals surface area contributed by atoms with E-state index in [1.807, 2.05) is 13.0 Å². The van der Waals surface area contributed by atoms with E-state index in [0.717, 1.165) is 43.3 Å². The van der Waals surface area contributed by atoms with E-state index in [9.17, 15) is 8.78 Å². The molecule has 6 nitrogen and oxygen atoms in total. The molecule has 8 heteroatoms. The minimum absolute atomic E-state index is 0.168. The molecule has 0 aromatic carbocycles. The third-order valence-corrected chi connectivity index (χ3v) is 3.61. The quantitative estimate of drug-likeness (QED) is 0.914.